The molecule has 4 nitrogen and oxygen atoms in total. The van der Waals surface area contributed by atoms with Gasteiger partial charge in [0.2, 0.25) is 5.91 Å². The molecule has 24 heavy (non-hydrogen) atoms. The smallest absolute Gasteiger partial charge is 0.233 e. The maximum atomic E-state index is 12.9. The molecule has 1 atom stereocenters. The summed E-state index contributed by atoms with van der Waals surface area (Å²) in [6.07, 6.45) is 0.281. The van der Waals surface area contributed by atoms with Gasteiger partial charge in [0.15, 0.2) is 0 Å². The average molecular weight is 346 g/mol. The molecule has 0 fully saturated rings. The quantitative estimate of drug-likeness (QED) is 0.739. The predicted molar refractivity (Wildman–Crippen MR) is 99.7 cm³/mol. The van der Waals surface area contributed by atoms with Crippen molar-refractivity contribution in [2.24, 2.45) is 0 Å². The van der Waals surface area contributed by atoms with Crippen LogP contribution in [0, 0.1) is 6.92 Å². The molecule has 1 amide bonds. The molecule has 0 N–H and O–H groups in total. The summed E-state index contributed by atoms with van der Waals surface area (Å²) in [5.74, 6) is 0.0696. The Morgan fingerprint density at radius 2 is 2.00 bits per heavy atom. The van der Waals surface area contributed by atoms with E-state index in [-0.39, 0.29) is 18.1 Å². The zero-order valence-electron chi connectivity index (χ0n) is 15.1. The number of ether oxygens (including phenoxy) is 1. The van der Waals surface area contributed by atoms with Crippen molar-refractivity contribution < 1.29 is 9.53 Å². The number of carbonyl (C=O) groups excluding carboxylic acids is 1. The molecule has 0 saturated heterocycles. The molecule has 1 aromatic carbocycles. The SMILES string of the molecule is CCOC(C)c1nc(CC(=O)N(c2ccccc2C)C(C)C)cs1. The number of amides is 1. The third-order valence-corrected chi connectivity index (χ3v) is 4.88. The van der Waals surface area contributed by atoms with E-state index in [1.807, 2.05) is 69.2 Å². The summed E-state index contributed by atoms with van der Waals surface area (Å²) in [5.41, 5.74) is 2.88. The zero-order valence-corrected chi connectivity index (χ0v) is 15.9. The van der Waals surface area contributed by atoms with Gasteiger partial charge in [0.1, 0.15) is 11.1 Å². The Morgan fingerprint density at radius 3 is 2.62 bits per heavy atom. The molecule has 130 valence electrons. The third kappa shape index (κ3) is 4.42. The van der Waals surface area contributed by atoms with E-state index in [1.165, 1.54) is 0 Å². The largest absolute Gasteiger partial charge is 0.372 e. The normalized spacial score (nSPS) is 12.4. The van der Waals surface area contributed by atoms with Crippen LogP contribution in [0.2, 0.25) is 0 Å². The predicted octanol–water partition coefficient (Wildman–Crippen LogP) is 4.53. The van der Waals surface area contributed by atoms with Crippen LogP contribution in [0.5, 0.6) is 0 Å². The van der Waals surface area contributed by atoms with Crippen LogP contribution < -0.4 is 4.90 Å². The number of rotatable bonds is 7. The minimum absolute atomic E-state index is 0.0265. The number of anilines is 1. The van der Waals surface area contributed by atoms with Gasteiger partial charge in [0.25, 0.3) is 0 Å². The van der Waals surface area contributed by atoms with Crippen LogP contribution in [0.1, 0.15) is 50.1 Å². The van der Waals surface area contributed by atoms with Crippen LogP contribution >= 0.6 is 11.3 Å². The summed E-state index contributed by atoms with van der Waals surface area (Å²) in [5, 5.41) is 2.88. The standard InChI is InChI=1S/C19H26N2O2S/c1-6-23-15(5)19-20-16(12-24-19)11-18(22)21(13(2)3)17-10-8-7-9-14(17)4/h7-10,12-13,15H,6,11H2,1-5H3. The van der Waals surface area contributed by atoms with Crippen LogP contribution in [-0.4, -0.2) is 23.5 Å². The van der Waals surface area contributed by atoms with E-state index in [1.54, 1.807) is 11.3 Å². The Bertz CT molecular complexity index is 682. The molecule has 0 bridgehead atoms. The molecule has 1 unspecified atom stereocenters. The van der Waals surface area contributed by atoms with E-state index in [9.17, 15) is 4.79 Å². The first-order valence-electron chi connectivity index (χ1n) is 8.37. The topological polar surface area (TPSA) is 42.4 Å². The van der Waals surface area contributed by atoms with Crippen molar-refractivity contribution in [3.8, 4) is 0 Å². The fourth-order valence-electron chi connectivity index (χ4n) is 2.69. The number of para-hydroxylation sites is 1. The van der Waals surface area contributed by atoms with Gasteiger partial charge in [-0.15, -0.1) is 11.3 Å². The highest BCUT2D eigenvalue weighted by molar-refractivity contribution is 7.09. The van der Waals surface area contributed by atoms with Crippen molar-refractivity contribution in [2.45, 2.75) is 53.2 Å². The molecule has 0 radical (unpaired) electrons. The van der Waals surface area contributed by atoms with Gasteiger partial charge in [-0.1, -0.05) is 18.2 Å². The van der Waals surface area contributed by atoms with Gasteiger partial charge in [0, 0.05) is 23.7 Å². The van der Waals surface area contributed by atoms with Crippen LogP contribution in [0.15, 0.2) is 29.6 Å². The molecule has 1 heterocycles. The van der Waals surface area contributed by atoms with E-state index in [2.05, 4.69) is 4.98 Å². The first kappa shape index (κ1) is 18.6. The second-order valence-corrected chi connectivity index (χ2v) is 6.99. The van der Waals surface area contributed by atoms with Crippen LogP contribution in [-0.2, 0) is 16.0 Å². The van der Waals surface area contributed by atoms with E-state index >= 15 is 0 Å². The fourth-order valence-corrected chi connectivity index (χ4v) is 3.51. The van der Waals surface area contributed by atoms with Crippen LogP contribution in [0.4, 0.5) is 5.69 Å². The summed E-state index contributed by atoms with van der Waals surface area (Å²) >= 11 is 1.55. The molecular weight excluding hydrogens is 320 g/mol. The molecule has 0 aliphatic rings. The number of hydrogen-bond acceptors (Lipinski definition) is 4. The molecule has 0 aliphatic carbocycles. The fraction of sp³-hybridized carbons (Fsp3) is 0.474. The van der Waals surface area contributed by atoms with Gasteiger partial charge in [-0.2, -0.15) is 0 Å². The van der Waals surface area contributed by atoms with Crippen molar-refractivity contribution in [2.75, 3.05) is 11.5 Å². The molecule has 2 rings (SSSR count). The summed E-state index contributed by atoms with van der Waals surface area (Å²) in [6.45, 7) is 10.7. The van der Waals surface area contributed by atoms with Gasteiger partial charge in [-0.3, -0.25) is 4.79 Å². The van der Waals surface area contributed by atoms with E-state index in [4.69, 9.17) is 4.74 Å². The van der Waals surface area contributed by atoms with E-state index in [0.29, 0.717) is 13.0 Å². The van der Waals surface area contributed by atoms with Crippen molar-refractivity contribution in [3.05, 3.63) is 45.9 Å². The average Bonchev–Trinajstić information content (AvgIpc) is 2.98. The maximum Gasteiger partial charge on any atom is 0.233 e. The second-order valence-electron chi connectivity index (χ2n) is 6.10. The molecule has 5 heteroatoms. The summed E-state index contributed by atoms with van der Waals surface area (Å²) in [4.78, 5) is 19.3. The zero-order chi connectivity index (χ0) is 17.7. The summed E-state index contributed by atoms with van der Waals surface area (Å²) in [6, 6.07) is 8.08. The van der Waals surface area contributed by atoms with Crippen LogP contribution in [0.3, 0.4) is 0 Å². The number of hydrogen-bond donors (Lipinski definition) is 0. The Morgan fingerprint density at radius 1 is 1.29 bits per heavy atom. The summed E-state index contributed by atoms with van der Waals surface area (Å²) in [7, 11) is 0. The van der Waals surface area contributed by atoms with Gasteiger partial charge >= 0.3 is 0 Å². The lowest BCUT2D eigenvalue weighted by atomic mass is 10.1. The van der Waals surface area contributed by atoms with Crippen molar-refractivity contribution in [1.82, 2.24) is 4.98 Å². The lowest BCUT2D eigenvalue weighted by molar-refractivity contribution is -0.118. The van der Waals surface area contributed by atoms with Gasteiger partial charge in [-0.05, 0) is 46.2 Å². The van der Waals surface area contributed by atoms with E-state index in [0.717, 1.165) is 22.0 Å². The maximum absolute atomic E-state index is 12.9. The van der Waals surface area contributed by atoms with Crippen molar-refractivity contribution >= 4 is 22.9 Å². The Labute approximate surface area is 148 Å². The van der Waals surface area contributed by atoms with E-state index < -0.39 is 0 Å². The van der Waals surface area contributed by atoms with Crippen LogP contribution in [0.25, 0.3) is 0 Å². The number of aromatic nitrogens is 1. The molecule has 2 aromatic rings. The number of aryl methyl sites for hydroxylation is 1. The molecule has 1 aromatic heterocycles. The third-order valence-electron chi connectivity index (χ3n) is 3.83. The first-order valence-corrected chi connectivity index (χ1v) is 9.25. The first-order chi connectivity index (χ1) is 11.4. The Kier molecular flexibility index (Phi) is 6.52. The molecular formula is C19H26N2O2S. The Balaban J connectivity index is 2.16. The second kappa shape index (κ2) is 8.40. The van der Waals surface area contributed by atoms with Crippen molar-refractivity contribution in [1.29, 1.82) is 0 Å². The van der Waals surface area contributed by atoms with Gasteiger partial charge in [0.05, 0.1) is 12.1 Å². The lowest BCUT2D eigenvalue weighted by Crippen LogP contribution is -2.38. The number of nitrogens with zero attached hydrogens (tertiary/aromatic N) is 2. The Hall–Kier alpha value is -1.72. The monoisotopic (exact) mass is 346 g/mol. The number of carbonyl (C=O) groups is 1. The minimum atomic E-state index is -0.0265. The molecule has 0 aliphatic heterocycles. The van der Waals surface area contributed by atoms with Gasteiger partial charge in [-0.25, -0.2) is 4.98 Å². The lowest BCUT2D eigenvalue weighted by Gasteiger charge is -2.28. The number of thiazole rings is 1. The highest BCUT2D eigenvalue weighted by atomic mass is 32.1. The minimum Gasteiger partial charge on any atom is -0.372 e. The molecule has 0 spiro atoms. The number of benzene rings is 1. The summed E-state index contributed by atoms with van der Waals surface area (Å²) < 4.78 is 5.57. The highest BCUT2D eigenvalue weighted by Gasteiger charge is 2.22. The van der Waals surface area contributed by atoms with Crippen molar-refractivity contribution in [3.63, 3.8) is 0 Å². The molecule has 0 saturated carbocycles. The van der Waals surface area contributed by atoms with Gasteiger partial charge < -0.3 is 9.64 Å². The highest BCUT2D eigenvalue weighted by Crippen LogP contribution is 2.25.